The molecule has 1 heterocycles. The molecule has 0 saturated carbocycles. The summed E-state index contributed by atoms with van der Waals surface area (Å²) in [6.45, 7) is 2.74. The lowest BCUT2D eigenvalue weighted by Gasteiger charge is -2.20. The molecule has 0 bridgehead atoms. The first-order valence-corrected chi connectivity index (χ1v) is 7.45. The third kappa shape index (κ3) is 4.77. The van der Waals surface area contributed by atoms with Gasteiger partial charge in [0.1, 0.15) is 0 Å². The Morgan fingerprint density at radius 2 is 2.35 bits per heavy atom. The zero-order valence-corrected chi connectivity index (χ0v) is 12.7. The van der Waals surface area contributed by atoms with Gasteiger partial charge in [-0.3, -0.25) is 4.79 Å². The molecule has 0 aliphatic rings. The summed E-state index contributed by atoms with van der Waals surface area (Å²) < 4.78 is 1.06. The Hall–Kier alpha value is -0.390. The molecule has 1 amide bonds. The van der Waals surface area contributed by atoms with Crippen LogP contribution in [0.4, 0.5) is 0 Å². The van der Waals surface area contributed by atoms with Crippen molar-refractivity contribution in [1.82, 2.24) is 4.90 Å². The second-order valence-corrected chi connectivity index (χ2v) is 6.09. The Morgan fingerprint density at radius 3 is 2.88 bits per heavy atom. The molecule has 0 aliphatic heterocycles. The number of carbonyl (C=O) groups excluding carboxylic acids is 1. The molecule has 1 aromatic heterocycles. The van der Waals surface area contributed by atoms with Crippen molar-refractivity contribution in [3.05, 3.63) is 20.8 Å². The van der Waals surface area contributed by atoms with Crippen LogP contribution in [0.25, 0.3) is 0 Å². The monoisotopic (exact) mass is 318 g/mol. The van der Waals surface area contributed by atoms with E-state index in [1.807, 2.05) is 18.5 Å². The van der Waals surface area contributed by atoms with Crippen LogP contribution in [0.15, 0.2) is 15.9 Å². The summed E-state index contributed by atoms with van der Waals surface area (Å²) in [4.78, 5) is 14.8. The standard InChI is InChI=1S/C12H19BrN2OS/c1-3-4-5-11(14)12(16)15(2)7-10-6-9(13)8-17-10/h6,8,11H,3-5,7,14H2,1-2H3. The molecular formula is C12H19BrN2OS. The van der Waals surface area contributed by atoms with Crippen LogP contribution in [-0.2, 0) is 11.3 Å². The van der Waals surface area contributed by atoms with E-state index in [0.717, 1.165) is 28.6 Å². The molecule has 0 radical (unpaired) electrons. The van der Waals surface area contributed by atoms with Gasteiger partial charge in [0.05, 0.1) is 12.6 Å². The van der Waals surface area contributed by atoms with Gasteiger partial charge in [-0.25, -0.2) is 0 Å². The fourth-order valence-corrected chi connectivity index (χ4v) is 3.08. The molecule has 1 atom stereocenters. The molecule has 1 aromatic rings. The molecule has 1 unspecified atom stereocenters. The Morgan fingerprint density at radius 1 is 1.65 bits per heavy atom. The molecule has 5 heteroatoms. The summed E-state index contributed by atoms with van der Waals surface area (Å²) in [5.74, 6) is 0.0305. The van der Waals surface area contributed by atoms with E-state index in [1.54, 1.807) is 16.2 Å². The average molecular weight is 319 g/mol. The quantitative estimate of drug-likeness (QED) is 0.876. The summed E-state index contributed by atoms with van der Waals surface area (Å²) in [6, 6.07) is 1.68. The number of hydrogen-bond donors (Lipinski definition) is 1. The SMILES string of the molecule is CCCCC(N)C(=O)N(C)Cc1cc(Br)cs1. The normalized spacial score (nSPS) is 12.5. The molecule has 1 rings (SSSR count). The van der Waals surface area contributed by atoms with Gasteiger partial charge in [-0.2, -0.15) is 0 Å². The largest absolute Gasteiger partial charge is 0.339 e. The van der Waals surface area contributed by atoms with Crippen molar-refractivity contribution in [2.75, 3.05) is 7.05 Å². The first-order chi connectivity index (χ1) is 8.04. The van der Waals surface area contributed by atoms with Gasteiger partial charge in [0.25, 0.3) is 0 Å². The molecule has 0 aliphatic carbocycles. The van der Waals surface area contributed by atoms with E-state index in [2.05, 4.69) is 22.9 Å². The number of thiophene rings is 1. The molecule has 0 fully saturated rings. The first-order valence-electron chi connectivity index (χ1n) is 5.78. The highest BCUT2D eigenvalue weighted by Gasteiger charge is 2.17. The lowest BCUT2D eigenvalue weighted by Crippen LogP contribution is -2.41. The predicted octanol–water partition coefficient (Wildman–Crippen LogP) is 2.99. The van der Waals surface area contributed by atoms with Crippen LogP contribution in [-0.4, -0.2) is 23.9 Å². The fraction of sp³-hybridized carbons (Fsp3) is 0.583. The highest BCUT2D eigenvalue weighted by molar-refractivity contribution is 9.10. The van der Waals surface area contributed by atoms with Crippen LogP contribution < -0.4 is 5.73 Å². The number of unbranched alkanes of at least 4 members (excludes halogenated alkanes) is 1. The molecule has 3 nitrogen and oxygen atoms in total. The Bertz CT molecular complexity index is 367. The second kappa shape index (κ2) is 7.13. The van der Waals surface area contributed by atoms with Gasteiger partial charge in [-0.1, -0.05) is 19.8 Å². The van der Waals surface area contributed by atoms with Crippen LogP contribution in [0.1, 0.15) is 31.1 Å². The highest BCUT2D eigenvalue weighted by atomic mass is 79.9. The zero-order valence-electron chi connectivity index (χ0n) is 10.3. The van der Waals surface area contributed by atoms with Gasteiger partial charge >= 0.3 is 0 Å². The summed E-state index contributed by atoms with van der Waals surface area (Å²) in [5.41, 5.74) is 5.87. The van der Waals surface area contributed by atoms with Crippen LogP contribution in [0, 0.1) is 0 Å². The van der Waals surface area contributed by atoms with E-state index in [1.165, 1.54) is 0 Å². The van der Waals surface area contributed by atoms with Gasteiger partial charge in [-0.15, -0.1) is 11.3 Å². The predicted molar refractivity (Wildman–Crippen MR) is 76.0 cm³/mol. The molecule has 96 valence electrons. The minimum Gasteiger partial charge on any atom is -0.339 e. The molecule has 17 heavy (non-hydrogen) atoms. The maximum Gasteiger partial charge on any atom is 0.239 e. The number of carbonyl (C=O) groups is 1. The number of nitrogens with zero attached hydrogens (tertiary/aromatic N) is 1. The van der Waals surface area contributed by atoms with Crippen LogP contribution >= 0.6 is 27.3 Å². The van der Waals surface area contributed by atoms with Crippen molar-refractivity contribution in [3.63, 3.8) is 0 Å². The van der Waals surface area contributed by atoms with Crippen LogP contribution in [0.3, 0.4) is 0 Å². The Balaban J connectivity index is 2.46. The smallest absolute Gasteiger partial charge is 0.239 e. The third-order valence-corrected chi connectivity index (χ3v) is 4.26. The molecule has 2 N–H and O–H groups in total. The lowest BCUT2D eigenvalue weighted by atomic mass is 10.1. The van der Waals surface area contributed by atoms with Gasteiger partial charge in [-0.05, 0) is 28.4 Å². The Labute approximate surface area is 115 Å². The van der Waals surface area contributed by atoms with Crippen molar-refractivity contribution < 1.29 is 4.79 Å². The van der Waals surface area contributed by atoms with Crippen molar-refractivity contribution in [2.24, 2.45) is 5.73 Å². The average Bonchev–Trinajstić information content (AvgIpc) is 2.70. The van der Waals surface area contributed by atoms with E-state index in [4.69, 9.17) is 5.73 Å². The van der Waals surface area contributed by atoms with E-state index < -0.39 is 0 Å². The highest BCUT2D eigenvalue weighted by Crippen LogP contribution is 2.21. The minimum atomic E-state index is -0.358. The topological polar surface area (TPSA) is 46.3 Å². The van der Waals surface area contributed by atoms with Crippen molar-refractivity contribution >= 4 is 33.2 Å². The van der Waals surface area contributed by atoms with Crippen LogP contribution in [0.5, 0.6) is 0 Å². The van der Waals surface area contributed by atoms with E-state index in [9.17, 15) is 4.79 Å². The summed E-state index contributed by atoms with van der Waals surface area (Å²) in [5, 5.41) is 2.02. The fourth-order valence-electron chi connectivity index (χ4n) is 1.58. The Kier molecular flexibility index (Phi) is 6.16. The number of hydrogen-bond acceptors (Lipinski definition) is 3. The lowest BCUT2D eigenvalue weighted by molar-refractivity contribution is -0.131. The van der Waals surface area contributed by atoms with Gasteiger partial charge in [0.2, 0.25) is 5.91 Å². The number of rotatable bonds is 6. The number of halogens is 1. The molecular weight excluding hydrogens is 300 g/mol. The molecule has 0 saturated heterocycles. The maximum atomic E-state index is 12.0. The summed E-state index contributed by atoms with van der Waals surface area (Å²) >= 11 is 5.05. The minimum absolute atomic E-state index is 0.0305. The van der Waals surface area contributed by atoms with Crippen molar-refractivity contribution in [1.29, 1.82) is 0 Å². The summed E-state index contributed by atoms with van der Waals surface area (Å²) in [7, 11) is 1.81. The summed E-state index contributed by atoms with van der Waals surface area (Å²) in [6.07, 6.45) is 2.85. The number of amides is 1. The zero-order chi connectivity index (χ0) is 12.8. The van der Waals surface area contributed by atoms with Gasteiger partial charge in [0.15, 0.2) is 0 Å². The second-order valence-electron chi connectivity index (χ2n) is 4.17. The number of nitrogens with two attached hydrogens (primary N) is 1. The molecule has 0 aromatic carbocycles. The van der Waals surface area contributed by atoms with E-state index >= 15 is 0 Å². The third-order valence-electron chi connectivity index (χ3n) is 2.58. The first kappa shape index (κ1) is 14.7. The maximum absolute atomic E-state index is 12.0. The van der Waals surface area contributed by atoms with E-state index in [0.29, 0.717) is 6.54 Å². The molecule has 0 spiro atoms. The van der Waals surface area contributed by atoms with Crippen molar-refractivity contribution in [3.8, 4) is 0 Å². The number of likely N-dealkylation sites (N-methyl/N-ethyl adjacent to an activating group) is 1. The van der Waals surface area contributed by atoms with Gasteiger partial charge in [0, 0.05) is 21.8 Å². The van der Waals surface area contributed by atoms with Gasteiger partial charge < -0.3 is 10.6 Å². The van der Waals surface area contributed by atoms with E-state index in [-0.39, 0.29) is 11.9 Å². The van der Waals surface area contributed by atoms with Crippen molar-refractivity contribution in [2.45, 2.75) is 38.8 Å². The van der Waals surface area contributed by atoms with Crippen LogP contribution in [0.2, 0.25) is 0 Å².